The number of carbonyl (C=O) groups excluding carboxylic acids is 1. The second-order valence-corrected chi connectivity index (χ2v) is 5.22. The van der Waals surface area contributed by atoms with Crippen LogP contribution in [0.2, 0.25) is 0 Å². The first-order valence-electron chi connectivity index (χ1n) is 6.45. The third kappa shape index (κ3) is 1.74. The van der Waals surface area contributed by atoms with Gasteiger partial charge in [0.1, 0.15) is 0 Å². The molecule has 1 amide bonds. The van der Waals surface area contributed by atoms with Gasteiger partial charge in [0.15, 0.2) is 0 Å². The van der Waals surface area contributed by atoms with Gasteiger partial charge in [0, 0.05) is 32.3 Å². The normalized spacial score (nSPS) is 38.8. The van der Waals surface area contributed by atoms with Gasteiger partial charge >= 0.3 is 0 Å². The van der Waals surface area contributed by atoms with Gasteiger partial charge in [0.2, 0.25) is 5.91 Å². The number of ether oxygens (including phenoxy) is 1. The Balaban J connectivity index is 1.65. The Morgan fingerprint density at radius 3 is 3.06 bits per heavy atom. The van der Waals surface area contributed by atoms with Crippen molar-refractivity contribution in [2.45, 2.75) is 25.3 Å². The van der Waals surface area contributed by atoms with Crippen molar-refractivity contribution >= 4 is 5.91 Å². The van der Waals surface area contributed by atoms with E-state index in [9.17, 15) is 4.79 Å². The Bertz CT molecular complexity index is 276. The van der Waals surface area contributed by atoms with E-state index in [2.05, 4.69) is 10.2 Å². The predicted molar refractivity (Wildman–Crippen MR) is 60.0 cm³/mol. The maximum absolute atomic E-state index is 12.4. The van der Waals surface area contributed by atoms with Gasteiger partial charge in [0.05, 0.1) is 12.5 Å². The van der Waals surface area contributed by atoms with Crippen LogP contribution < -0.4 is 5.32 Å². The van der Waals surface area contributed by atoms with Crippen LogP contribution in [0.5, 0.6) is 0 Å². The van der Waals surface area contributed by atoms with Crippen LogP contribution in [0.4, 0.5) is 0 Å². The van der Waals surface area contributed by atoms with E-state index in [0.717, 1.165) is 39.1 Å². The molecule has 0 saturated carbocycles. The minimum atomic E-state index is 0.132. The summed E-state index contributed by atoms with van der Waals surface area (Å²) in [6, 6.07) is 0.467. The van der Waals surface area contributed by atoms with E-state index in [4.69, 9.17) is 4.74 Å². The van der Waals surface area contributed by atoms with Crippen LogP contribution in [-0.2, 0) is 9.53 Å². The van der Waals surface area contributed by atoms with Gasteiger partial charge in [-0.25, -0.2) is 0 Å². The highest BCUT2D eigenvalue weighted by Crippen LogP contribution is 2.29. The Kier molecular flexibility index (Phi) is 2.86. The lowest BCUT2D eigenvalue weighted by Crippen LogP contribution is -2.44. The van der Waals surface area contributed by atoms with E-state index < -0.39 is 0 Å². The van der Waals surface area contributed by atoms with Crippen molar-refractivity contribution in [3.63, 3.8) is 0 Å². The third-order valence-corrected chi connectivity index (χ3v) is 4.24. The number of hydrogen-bond donors (Lipinski definition) is 1. The fourth-order valence-electron chi connectivity index (χ4n) is 3.29. The number of hydrogen-bond acceptors (Lipinski definition) is 3. The monoisotopic (exact) mass is 224 g/mol. The van der Waals surface area contributed by atoms with E-state index in [1.807, 2.05) is 0 Å². The predicted octanol–water partition coefficient (Wildman–Crippen LogP) is 0.233. The summed E-state index contributed by atoms with van der Waals surface area (Å²) in [6.45, 7) is 4.52. The molecule has 1 N–H and O–H groups in total. The molecule has 16 heavy (non-hydrogen) atoms. The topological polar surface area (TPSA) is 41.6 Å². The van der Waals surface area contributed by atoms with Crippen LogP contribution in [0.3, 0.4) is 0 Å². The number of nitrogens with zero attached hydrogens (tertiary/aromatic N) is 1. The molecule has 1 unspecified atom stereocenters. The van der Waals surface area contributed by atoms with Crippen molar-refractivity contribution in [2.75, 3.05) is 32.8 Å². The van der Waals surface area contributed by atoms with Gasteiger partial charge in [0.25, 0.3) is 0 Å². The van der Waals surface area contributed by atoms with E-state index in [1.165, 1.54) is 6.42 Å². The van der Waals surface area contributed by atoms with Crippen LogP contribution in [0.15, 0.2) is 0 Å². The summed E-state index contributed by atoms with van der Waals surface area (Å²) in [4.78, 5) is 14.5. The van der Waals surface area contributed by atoms with Gasteiger partial charge < -0.3 is 15.0 Å². The highest BCUT2D eigenvalue weighted by atomic mass is 16.5. The molecule has 0 aromatic heterocycles. The standard InChI is InChI=1S/C12H20N2O2/c15-12(10-2-1-5-16-8-10)14-4-3-9-6-13-7-11(9)14/h9-11,13H,1-8H2/t9-,10?,11+/m0/s1. The van der Waals surface area contributed by atoms with E-state index >= 15 is 0 Å². The molecular weight excluding hydrogens is 204 g/mol. The summed E-state index contributed by atoms with van der Waals surface area (Å²) in [7, 11) is 0. The summed E-state index contributed by atoms with van der Waals surface area (Å²) < 4.78 is 5.41. The van der Waals surface area contributed by atoms with Crippen LogP contribution >= 0.6 is 0 Å². The maximum atomic E-state index is 12.4. The number of rotatable bonds is 1. The van der Waals surface area contributed by atoms with Crippen LogP contribution in [0.25, 0.3) is 0 Å². The minimum Gasteiger partial charge on any atom is -0.381 e. The van der Waals surface area contributed by atoms with Crippen molar-refractivity contribution in [2.24, 2.45) is 11.8 Å². The molecule has 0 aliphatic carbocycles. The molecule has 3 aliphatic heterocycles. The lowest BCUT2D eigenvalue weighted by molar-refractivity contribution is -0.140. The molecule has 3 heterocycles. The summed E-state index contributed by atoms with van der Waals surface area (Å²) in [5, 5.41) is 3.39. The average molecular weight is 224 g/mol. The fourth-order valence-corrected chi connectivity index (χ4v) is 3.29. The molecule has 3 atom stereocenters. The van der Waals surface area contributed by atoms with E-state index in [0.29, 0.717) is 24.5 Å². The molecule has 90 valence electrons. The zero-order chi connectivity index (χ0) is 11.0. The Labute approximate surface area is 96.3 Å². The average Bonchev–Trinajstić information content (AvgIpc) is 2.91. The Morgan fingerprint density at radius 2 is 2.25 bits per heavy atom. The Hall–Kier alpha value is -0.610. The molecule has 4 nitrogen and oxygen atoms in total. The maximum Gasteiger partial charge on any atom is 0.228 e. The third-order valence-electron chi connectivity index (χ3n) is 4.24. The van der Waals surface area contributed by atoms with Crippen molar-refractivity contribution in [3.05, 3.63) is 0 Å². The molecule has 0 aromatic carbocycles. The van der Waals surface area contributed by atoms with Crippen molar-refractivity contribution < 1.29 is 9.53 Å². The number of likely N-dealkylation sites (tertiary alicyclic amines) is 1. The molecule has 0 radical (unpaired) electrons. The highest BCUT2D eigenvalue weighted by molar-refractivity contribution is 5.79. The smallest absolute Gasteiger partial charge is 0.228 e. The van der Waals surface area contributed by atoms with Crippen LogP contribution in [-0.4, -0.2) is 49.7 Å². The molecule has 0 bridgehead atoms. The van der Waals surface area contributed by atoms with Crippen LogP contribution in [0, 0.1) is 11.8 Å². The molecule has 3 fully saturated rings. The molecule has 0 spiro atoms. The molecule has 4 heteroatoms. The summed E-state index contributed by atoms with van der Waals surface area (Å²) in [5.41, 5.74) is 0. The first-order chi connectivity index (χ1) is 7.86. The van der Waals surface area contributed by atoms with Crippen LogP contribution in [0.1, 0.15) is 19.3 Å². The lowest BCUT2D eigenvalue weighted by atomic mass is 9.99. The summed E-state index contributed by atoms with van der Waals surface area (Å²) in [6.07, 6.45) is 3.23. The highest BCUT2D eigenvalue weighted by Gasteiger charge is 2.41. The summed E-state index contributed by atoms with van der Waals surface area (Å²) in [5.74, 6) is 1.18. The van der Waals surface area contributed by atoms with Gasteiger partial charge in [-0.3, -0.25) is 4.79 Å². The largest absolute Gasteiger partial charge is 0.381 e. The Morgan fingerprint density at radius 1 is 1.31 bits per heavy atom. The number of carbonyl (C=O) groups is 1. The van der Waals surface area contributed by atoms with Gasteiger partial charge in [-0.2, -0.15) is 0 Å². The quantitative estimate of drug-likeness (QED) is 0.693. The van der Waals surface area contributed by atoms with Crippen molar-refractivity contribution in [3.8, 4) is 0 Å². The zero-order valence-electron chi connectivity index (χ0n) is 9.65. The fraction of sp³-hybridized carbons (Fsp3) is 0.917. The van der Waals surface area contributed by atoms with Gasteiger partial charge in [-0.15, -0.1) is 0 Å². The first kappa shape index (κ1) is 10.5. The lowest BCUT2D eigenvalue weighted by Gasteiger charge is -2.30. The molecular formula is C12H20N2O2. The van der Waals surface area contributed by atoms with Gasteiger partial charge in [-0.05, 0) is 25.2 Å². The minimum absolute atomic E-state index is 0.132. The summed E-state index contributed by atoms with van der Waals surface area (Å²) >= 11 is 0. The second-order valence-electron chi connectivity index (χ2n) is 5.22. The van der Waals surface area contributed by atoms with E-state index in [-0.39, 0.29) is 5.92 Å². The molecule has 3 saturated heterocycles. The van der Waals surface area contributed by atoms with Crippen molar-refractivity contribution in [1.29, 1.82) is 0 Å². The number of amides is 1. The SMILES string of the molecule is O=C(C1CCCOC1)N1CC[C@H]2CNC[C@H]21. The van der Waals surface area contributed by atoms with Crippen molar-refractivity contribution in [1.82, 2.24) is 10.2 Å². The molecule has 0 aromatic rings. The molecule has 3 rings (SSSR count). The van der Waals surface area contributed by atoms with Gasteiger partial charge in [-0.1, -0.05) is 0 Å². The van der Waals surface area contributed by atoms with E-state index in [1.54, 1.807) is 0 Å². The first-order valence-corrected chi connectivity index (χ1v) is 6.45. The zero-order valence-corrected chi connectivity index (χ0v) is 9.65. The molecule has 3 aliphatic rings. The second kappa shape index (κ2) is 4.34. The number of fused-ring (bicyclic) bond motifs is 1. The number of nitrogens with one attached hydrogen (secondary N) is 1.